The first kappa shape index (κ1) is 19.4. The van der Waals surface area contributed by atoms with Crippen LogP contribution >= 0.6 is 11.5 Å². The van der Waals surface area contributed by atoms with E-state index in [2.05, 4.69) is 15.0 Å². The molecule has 5 rings (SSSR count). The molecule has 0 spiro atoms. The molecule has 156 valence electrons. The first-order valence-corrected chi connectivity index (χ1v) is 10.7. The van der Waals surface area contributed by atoms with Crippen LogP contribution in [-0.2, 0) is 22.7 Å². The van der Waals surface area contributed by atoms with E-state index >= 15 is 0 Å². The summed E-state index contributed by atoms with van der Waals surface area (Å²) in [5.74, 6) is -1.17. The van der Waals surface area contributed by atoms with Crippen molar-refractivity contribution in [2.24, 2.45) is 0 Å². The fraction of sp³-hybridized carbons (Fsp3) is 0.227. The lowest BCUT2D eigenvalue weighted by Gasteiger charge is -2.29. The van der Waals surface area contributed by atoms with Crippen molar-refractivity contribution in [3.05, 3.63) is 64.8 Å². The number of fused-ring (bicyclic) bond motifs is 2. The number of hydrogen-bond acceptors (Lipinski definition) is 6. The molecular formula is C22H18N4O4S. The summed E-state index contributed by atoms with van der Waals surface area (Å²) >= 11 is 1.34. The van der Waals surface area contributed by atoms with Crippen LogP contribution < -0.4 is 10.6 Å². The Kier molecular flexibility index (Phi) is 4.74. The van der Waals surface area contributed by atoms with E-state index in [1.807, 2.05) is 24.3 Å². The van der Waals surface area contributed by atoms with Crippen molar-refractivity contribution in [3.63, 3.8) is 0 Å². The standard InChI is InChI=1S/C22H18N4O4S/c27-19-7-6-17(21(29)25-19)26-11-13-5-4-12(8-15(13)22(26)30)9-23-20(28)14-2-1-3-18-16(14)10-24-31-18/h1-5,8,10,17H,6-7,9,11H2,(H,23,28)(H,25,27,29). The summed E-state index contributed by atoms with van der Waals surface area (Å²) in [6.45, 7) is 0.603. The third-order valence-corrected chi connectivity index (χ3v) is 6.45. The summed E-state index contributed by atoms with van der Waals surface area (Å²) in [6, 6.07) is 10.3. The Labute approximate surface area is 181 Å². The molecule has 2 aromatic carbocycles. The average Bonchev–Trinajstić information content (AvgIpc) is 3.37. The van der Waals surface area contributed by atoms with Gasteiger partial charge in [-0.3, -0.25) is 24.5 Å². The van der Waals surface area contributed by atoms with Gasteiger partial charge in [-0.2, -0.15) is 4.37 Å². The van der Waals surface area contributed by atoms with E-state index in [0.717, 1.165) is 21.2 Å². The molecule has 1 aromatic heterocycles. The number of carbonyl (C=O) groups is 4. The van der Waals surface area contributed by atoms with E-state index in [9.17, 15) is 19.2 Å². The molecule has 0 bridgehead atoms. The van der Waals surface area contributed by atoms with Crippen LogP contribution in [0.1, 0.15) is 44.7 Å². The summed E-state index contributed by atoms with van der Waals surface area (Å²) < 4.78 is 5.09. The van der Waals surface area contributed by atoms with Crippen LogP contribution in [0.3, 0.4) is 0 Å². The molecule has 0 aliphatic carbocycles. The molecule has 31 heavy (non-hydrogen) atoms. The second kappa shape index (κ2) is 7.59. The molecule has 3 aromatic rings. The maximum Gasteiger partial charge on any atom is 0.255 e. The van der Waals surface area contributed by atoms with Gasteiger partial charge in [-0.15, -0.1) is 0 Å². The maximum absolute atomic E-state index is 12.9. The number of aromatic nitrogens is 1. The molecule has 1 fully saturated rings. The van der Waals surface area contributed by atoms with Crippen molar-refractivity contribution >= 4 is 45.2 Å². The van der Waals surface area contributed by atoms with Gasteiger partial charge in [0.25, 0.3) is 11.8 Å². The van der Waals surface area contributed by atoms with E-state index < -0.39 is 11.9 Å². The Balaban J connectivity index is 1.30. The normalized spacial score (nSPS) is 18.3. The zero-order chi connectivity index (χ0) is 21.5. The molecule has 2 aliphatic rings. The monoisotopic (exact) mass is 434 g/mol. The predicted octanol–water partition coefficient (Wildman–Crippen LogP) is 1.99. The van der Waals surface area contributed by atoms with E-state index in [-0.39, 0.29) is 30.7 Å². The molecule has 0 radical (unpaired) electrons. The number of amides is 4. The molecule has 1 unspecified atom stereocenters. The molecule has 0 saturated carbocycles. The fourth-order valence-corrected chi connectivity index (χ4v) is 4.75. The quantitative estimate of drug-likeness (QED) is 0.611. The van der Waals surface area contributed by atoms with Crippen LogP contribution in [0.2, 0.25) is 0 Å². The van der Waals surface area contributed by atoms with Crippen LogP contribution in [0, 0.1) is 0 Å². The van der Waals surface area contributed by atoms with Crippen LogP contribution in [0.15, 0.2) is 42.6 Å². The summed E-state index contributed by atoms with van der Waals surface area (Å²) in [5.41, 5.74) is 2.72. The molecule has 4 amide bonds. The largest absolute Gasteiger partial charge is 0.348 e. The molecule has 1 saturated heterocycles. The Morgan fingerprint density at radius 3 is 2.94 bits per heavy atom. The summed E-state index contributed by atoms with van der Waals surface area (Å²) in [6.07, 6.45) is 2.24. The lowest BCUT2D eigenvalue weighted by Crippen LogP contribution is -2.52. The van der Waals surface area contributed by atoms with Crippen molar-refractivity contribution in [1.82, 2.24) is 19.9 Å². The van der Waals surface area contributed by atoms with E-state index in [1.165, 1.54) is 16.4 Å². The van der Waals surface area contributed by atoms with Gasteiger partial charge in [0, 0.05) is 42.2 Å². The second-order valence-corrected chi connectivity index (χ2v) is 8.45. The van der Waals surface area contributed by atoms with Gasteiger partial charge >= 0.3 is 0 Å². The SMILES string of the molecule is O=C1CCC(N2Cc3ccc(CNC(=O)c4cccc5sncc45)cc3C2=O)C(=O)N1. The Bertz CT molecular complexity index is 1250. The van der Waals surface area contributed by atoms with Gasteiger partial charge in [-0.25, -0.2) is 0 Å². The fourth-order valence-electron chi connectivity index (χ4n) is 4.08. The predicted molar refractivity (Wildman–Crippen MR) is 113 cm³/mol. The van der Waals surface area contributed by atoms with Crippen molar-refractivity contribution in [1.29, 1.82) is 0 Å². The number of rotatable bonds is 4. The van der Waals surface area contributed by atoms with Gasteiger partial charge in [-0.1, -0.05) is 18.2 Å². The van der Waals surface area contributed by atoms with Crippen LogP contribution in [0.4, 0.5) is 0 Å². The number of piperidine rings is 1. The van der Waals surface area contributed by atoms with E-state index in [4.69, 9.17) is 0 Å². The molecule has 3 heterocycles. The molecule has 2 aliphatic heterocycles. The third kappa shape index (κ3) is 3.46. The Hall–Kier alpha value is -3.59. The number of carbonyl (C=O) groups excluding carboxylic acids is 4. The maximum atomic E-state index is 12.9. The Morgan fingerprint density at radius 1 is 1.23 bits per heavy atom. The van der Waals surface area contributed by atoms with Crippen molar-refractivity contribution in [2.75, 3.05) is 0 Å². The summed E-state index contributed by atoms with van der Waals surface area (Å²) in [4.78, 5) is 50.7. The van der Waals surface area contributed by atoms with E-state index in [0.29, 0.717) is 24.1 Å². The molecule has 1 atom stereocenters. The molecule has 8 nitrogen and oxygen atoms in total. The zero-order valence-electron chi connectivity index (χ0n) is 16.4. The molecule has 2 N–H and O–H groups in total. The highest BCUT2D eigenvalue weighted by atomic mass is 32.1. The summed E-state index contributed by atoms with van der Waals surface area (Å²) in [7, 11) is 0. The van der Waals surface area contributed by atoms with Gasteiger partial charge < -0.3 is 10.2 Å². The smallest absolute Gasteiger partial charge is 0.255 e. The van der Waals surface area contributed by atoms with Gasteiger partial charge in [0.1, 0.15) is 6.04 Å². The highest BCUT2D eigenvalue weighted by Crippen LogP contribution is 2.28. The molecular weight excluding hydrogens is 416 g/mol. The van der Waals surface area contributed by atoms with Crippen LogP contribution in [-0.4, -0.2) is 38.9 Å². The van der Waals surface area contributed by atoms with Crippen LogP contribution in [0.5, 0.6) is 0 Å². The number of nitrogens with zero attached hydrogens (tertiary/aromatic N) is 2. The van der Waals surface area contributed by atoms with Crippen molar-refractivity contribution < 1.29 is 19.2 Å². The second-order valence-electron chi connectivity index (χ2n) is 7.62. The first-order chi connectivity index (χ1) is 15.0. The van der Waals surface area contributed by atoms with Crippen LogP contribution in [0.25, 0.3) is 10.1 Å². The van der Waals surface area contributed by atoms with Crippen molar-refractivity contribution in [3.8, 4) is 0 Å². The number of nitrogens with one attached hydrogen (secondary N) is 2. The average molecular weight is 434 g/mol. The van der Waals surface area contributed by atoms with Crippen molar-refractivity contribution in [2.45, 2.75) is 32.0 Å². The van der Waals surface area contributed by atoms with Gasteiger partial charge in [0.05, 0.1) is 4.70 Å². The zero-order valence-corrected chi connectivity index (χ0v) is 17.2. The van der Waals surface area contributed by atoms with Gasteiger partial charge in [0.2, 0.25) is 11.8 Å². The topological polar surface area (TPSA) is 108 Å². The minimum absolute atomic E-state index is 0.206. The lowest BCUT2D eigenvalue weighted by atomic mass is 10.0. The first-order valence-electron chi connectivity index (χ1n) is 9.89. The minimum Gasteiger partial charge on any atom is -0.348 e. The Morgan fingerprint density at radius 2 is 2.10 bits per heavy atom. The molecule has 9 heteroatoms. The van der Waals surface area contributed by atoms with E-state index in [1.54, 1.807) is 18.3 Å². The highest BCUT2D eigenvalue weighted by Gasteiger charge is 2.39. The highest BCUT2D eigenvalue weighted by molar-refractivity contribution is 7.13. The minimum atomic E-state index is -0.638. The third-order valence-electron chi connectivity index (χ3n) is 5.69. The number of benzene rings is 2. The summed E-state index contributed by atoms with van der Waals surface area (Å²) in [5, 5.41) is 6.02. The van der Waals surface area contributed by atoms with Gasteiger partial charge in [-0.05, 0) is 47.3 Å². The number of hydrogen-bond donors (Lipinski definition) is 2. The van der Waals surface area contributed by atoms with Gasteiger partial charge in [0.15, 0.2) is 0 Å². The lowest BCUT2D eigenvalue weighted by molar-refractivity contribution is -0.136. The number of imide groups is 1.